The van der Waals surface area contributed by atoms with E-state index in [4.69, 9.17) is 15.2 Å². The summed E-state index contributed by atoms with van der Waals surface area (Å²) in [6, 6.07) is 1.84. The molecule has 1 aromatic rings. The maximum absolute atomic E-state index is 10.1. The fraction of sp³-hybridized carbons (Fsp3) is 0.538. The smallest absolute Gasteiger partial charge is 0.165 e. The molecule has 1 aliphatic heterocycles. The van der Waals surface area contributed by atoms with Crippen molar-refractivity contribution in [1.29, 1.82) is 0 Å². The van der Waals surface area contributed by atoms with E-state index in [9.17, 15) is 5.11 Å². The van der Waals surface area contributed by atoms with Crippen molar-refractivity contribution in [3.63, 3.8) is 0 Å². The Morgan fingerprint density at radius 3 is 2.61 bits per heavy atom. The van der Waals surface area contributed by atoms with E-state index in [1.54, 1.807) is 0 Å². The molecule has 0 spiro atoms. The summed E-state index contributed by atoms with van der Waals surface area (Å²) in [7, 11) is 0. The second kappa shape index (κ2) is 5.47. The number of nitrogens with two attached hydrogens (primary N) is 1. The molecule has 5 heteroatoms. The van der Waals surface area contributed by atoms with Crippen molar-refractivity contribution < 1.29 is 14.6 Å². The van der Waals surface area contributed by atoms with Gasteiger partial charge in [-0.1, -0.05) is 29.8 Å². The highest BCUT2D eigenvalue weighted by Crippen LogP contribution is 2.45. The van der Waals surface area contributed by atoms with E-state index in [0.29, 0.717) is 13.2 Å². The van der Waals surface area contributed by atoms with Crippen LogP contribution in [-0.4, -0.2) is 24.9 Å². The third kappa shape index (κ3) is 2.35. The third-order valence-electron chi connectivity index (χ3n) is 2.99. The number of hydrogen-bond donors (Lipinski definition) is 2. The second-order valence-electron chi connectivity index (χ2n) is 4.62. The van der Waals surface area contributed by atoms with Gasteiger partial charge in [-0.2, -0.15) is 0 Å². The first-order chi connectivity index (χ1) is 8.56. The van der Waals surface area contributed by atoms with Gasteiger partial charge in [-0.15, -0.1) is 0 Å². The summed E-state index contributed by atoms with van der Waals surface area (Å²) < 4.78 is 12.1. The van der Waals surface area contributed by atoms with Crippen molar-refractivity contribution in [2.75, 3.05) is 19.8 Å². The van der Waals surface area contributed by atoms with E-state index in [1.165, 1.54) is 0 Å². The van der Waals surface area contributed by atoms with Crippen LogP contribution in [0.2, 0.25) is 0 Å². The van der Waals surface area contributed by atoms with Crippen LogP contribution in [0.5, 0.6) is 11.5 Å². The predicted molar refractivity (Wildman–Crippen MR) is 73.2 cm³/mol. The van der Waals surface area contributed by atoms with Crippen LogP contribution in [0.4, 0.5) is 0 Å². The fourth-order valence-electron chi connectivity index (χ4n) is 2.22. The quantitative estimate of drug-likeness (QED) is 0.898. The van der Waals surface area contributed by atoms with Gasteiger partial charge in [0.25, 0.3) is 0 Å². The summed E-state index contributed by atoms with van der Waals surface area (Å²) >= 11 is 3.48. The van der Waals surface area contributed by atoms with Gasteiger partial charge in [0.1, 0.15) is 13.2 Å². The average Bonchev–Trinajstić information content (AvgIpc) is 2.35. The minimum absolute atomic E-state index is 0.179. The summed E-state index contributed by atoms with van der Waals surface area (Å²) in [5.74, 6) is 1.68. The molecule has 0 fully saturated rings. The van der Waals surface area contributed by atoms with Crippen molar-refractivity contribution in [3.05, 3.63) is 21.7 Å². The van der Waals surface area contributed by atoms with E-state index in [-0.39, 0.29) is 12.5 Å². The largest absolute Gasteiger partial charge is 0.486 e. The Morgan fingerprint density at radius 2 is 2.00 bits per heavy atom. The van der Waals surface area contributed by atoms with Crippen LogP contribution in [0.1, 0.15) is 37.0 Å². The van der Waals surface area contributed by atoms with Crippen LogP contribution in [0.15, 0.2) is 10.5 Å². The molecule has 0 radical (unpaired) electrons. The number of hydrogen-bond acceptors (Lipinski definition) is 4. The molecule has 0 amide bonds. The zero-order chi connectivity index (χ0) is 13.3. The lowest BCUT2D eigenvalue weighted by molar-refractivity contribution is 0.163. The van der Waals surface area contributed by atoms with Crippen LogP contribution in [0.25, 0.3) is 0 Å². The number of aliphatic hydroxyl groups excluding tert-OH is 1. The van der Waals surface area contributed by atoms with Crippen LogP contribution < -0.4 is 15.2 Å². The Balaban J connectivity index is 2.64. The van der Waals surface area contributed by atoms with Gasteiger partial charge in [0, 0.05) is 22.1 Å². The number of rotatable bonds is 3. The molecule has 100 valence electrons. The maximum Gasteiger partial charge on any atom is 0.165 e. The molecule has 1 atom stereocenters. The summed E-state index contributed by atoms with van der Waals surface area (Å²) in [5.41, 5.74) is 7.35. The first-order valence-corrected chi connectivity index (χ1v) is 6.85. The molecule has 3 N–H and O–H groups in total. The highest BCUT2D eigenvalue weighted by molar-refractivity contribution is 9.10. The van der Waals surface area contributed by atoms with Gasteiger partial charge in [-0.05, 0) is 12.0 Å². The highest BCUT2D eigenvalue weighted by atomic mass is 79.9. The molecule has 1 unspecified atom stereocenters. The fourth-order valence-corrected chi connectivity index (χ4v) is 2.91. The molecule has 0 aliphatic carbocycles. The average molecular weight is 316 g/mol. The molecule has 1 aliphatic rings. The Morgan fingerprint density at radius 1 is 1.33 bits per heavy atom. The lowest BCUT2D eigenvalue weighted by Gasteiger charge is -2.27. The molecular formula is C13H18BrNO3. The Bertz CT molecular complexity index is 448. The van der Waals surface area contributed by atoms with Crippen LogP contribution in [0, 0.1) is 0 Å². The lowest BCUT2D eigenvalue weighted by atomic mass is 9.92. The lowest BCUT2D eigenvalue weighted by Crippen LogP contribution is -2.20. The van der Waals surface area contributed by atoms with Gasteiger partial charge >= 0.3 is 0 Å². The summed E-state index contributed by atoms with van der Waals surface area (Å²) in [6.45, 7) is 5.39. The molecule has 2 rings (SSSR count). The SMILES string of the molecule is CC(C)c1c2c(cc(Br)c1C(O)CN)OCCO2. The van der Waals surface area contributed by atoms with Gasteiger partial charge in [0.2, 0.25) is 0 Å². The zero-order valence-electron chi connectivity index (χ0n) is 10.6. The van der Waals surface area contributed by atoms with E-state index in [1.807, 2.05) is 6.07 Å². The number of benzene rings is 1. The van der Waals surface area contributed by atoms with Crippen molar-refractivity contribution in [2.45, 2.75) is 25.9 Å². The number of aliphatic hydroxyl groups is 1. The van der Waals surface area contributed by atoms with Crippen LogP contribution in [0.3, 0.4) is 0 Å². The molecular weight excluding hydrogens is 298 g/mol. The minimum atomic E-state index is -0.701. The highest BCUT2D eigenvalue weighted by Gasteiger charge is 2.26. The van der Waals surface area contributed by atoms with Crippen LogP contribution >= 0.6 is 15.9 Å². The molecule has 1 aromatic carbocycles. The number of halogens is 1. The van der Waals surface area contributed by atoms with Crippen molar-refractivity contribution >= 4 is 15.9 Å². The molecule has 1 heterocycles. The Kier molecular flexibility index (Phi) is 4.14. The first kappa shape index (κ1) is 13.6. The van der Waals surface area contributed by atoms with Crippen LogP contribution in [-0.2, 0) is 0 Å². The van der Waals surface area contributed by atoms with E-state index in [0.717, 1.165) is 27.1 Å². The minimum Gasteiger partial charge on any atom is -0.486 e. The van der Waals surface area contributed by atoms with Gasteiger partial charge in [-0.3, -0.25) is 0 Å². The van der Waals surface area contributed by atoms with E-state index < -0.39 is 6.10 Å². The van der Waals surface area contributed by atoms with E-state index in [2.05, 4.69) is 29.8 Å². The van der Waals surface area contributed by atoms with E-state index >= 15 is 0 Å². The van der Waals surface area contributed by atoms with Crippen molar-refractivity contribution in [3.8, 4) is 11.5 Å². The third-order valence-corrected chi connectivity index (χ3v) is 3.65. The topological polar surface area (TPSA) is 64.7 Å². The van der Waals surface area contributed by atoms with Gasteiger partial charge in [0.15, 0.2) is 11.5 Å². The Labute approximate surface area is 115 Å². The summed E-state index contributed by atoms with van der Waals surface area (Å²) in [5, 5.41) is 10.1. The number of fused-ring (bicyclic) bond motifs is 1. The van der Waals surface area contributed by atoms with Crippen molar-refractivity contribution in [1.82, 2.24) is 0 Å². The molecule has 0 saturated carbocycles. The van der Waals surface area contributed by atoms with Gasteiger partial charge in [-0.25, -0.2) is 0 Å². The molecule has 18 heavy (non-hydrogen) atoms. The zero-order valence-corrected chi connectivity index (χ0v) is 12.2. The molecule has 0 saturated heterocycles. The molecule has 4 nitrogen and oxygen atoms in total. The van der Waals surface area contributed by atoms with Gasteiger partial charge < -0.3 is 20.3 Å². The first-order valence-electron chi connectivity index (χ1n) is 6.06. The number of ether oxygens (including phenoxy) is 2. The molecule has 0 bridgehead atoms. The summed E-state index contributed by atoms with van der Waals surface area (Å²) in [4.78, 5) is 0. The molecule has 0 aromatic heterocycles. The maximum atomic E-state index is 10.1. The van der Waals surface area contributed by atoms with Crippen molar-refractivity contribution in [2.24, 2.45) is 5.73 Å². The summed E-state index contributed by atoms with van der Waals surface area (Å²) in [6.07, 6.45) is -0.701. The second-order valence-corrected chi connectivity index (χ2v) is 5.47. The van der Waals surface area contributed by atoms with Gasteiger partial charge in [0.05, 0.1) is 6.10 Å². The normalized spacial score (nSPS) is 15.9. The standard InChI is InChI=1S/C13H18BrNO3/c1-7(2)11-12(9(16)6-15)8(14)5-10-13(11)18-4-3-17-10/h5,7,9,16H,3-4,6,15H2,1-2H3. The monoisotopic (exact) mass is 315 g/mol. The predicted octanol–water partition coefficient (Wildman–Crippen LogP) is 2.34. The Hall–Kier alpha value is -0.780.